The van der Waals surface area contributed by atoms with E-state index in [0.717, 1.165) is 12.8 Å². The van der Waals surface area contributed by atoms with Crippen molar-refractivity contribution >= 4 is 29.1 Å². The predicted octanol–water partition coefficient (Wildman–Crippen LogP) is 4.39. The summed E-state index contributed by atoms with van der Waals surface area (Å²) in [5, 5.41) is 5.07. The Morgan fingerprint density at radius 1 is 1.11 bits per heavy atom. The highest BCUT2D eigenvalue weighted by atomic mass is 35.5. The standard InChI is InChI=1S/C20H18Cl2N4O2/c21-15-4-3-5-16(22)14(15)12-18(27)26-10-7-13(8-11-26)20-24-19(25-28-20)17-6-1-2-9-23-17/h1-6,9,13H,7-8,10-12H2. The van der Waals surface area contributed by atoms with E-state index in [4.69, 9.17) is 27.7 Å². The van der Waals surface area contributed by atoms with Crippen molar-refractivity contribution < 1.29 is 9.32 Å². The summed E-state index contributed by atoms with van der Waals surface area (Å²) in [5.74, 6) is 1.25. The first-order valence-electron chi connectivity index (χ1n) is 9.07. The highest BCUT2D eigenvalue weighted by Crippen LogP contribution is 2.30. The summed E-state index contributed by atoms with van der Waals surface area (Å²) in [6.07, 6.45) is 3.44. The van der Waals surface area contributed by atoms with Crippen LogP contribution in [0.25, 0.3) is 11.5 Å². The largest absolute Gasteiger partial charge is 0.342 e. The number of carbonyl (C=O) groups excluding carboxylic acids is 1. The Hall–Kier alpha value is -2.44. The second-order valence-electron chi connectivity index (χ2n) is 6.70. The van der Waals surface area contributed by atoms with Gasteiger partial charge in [-0.1, -0.05) is 40.5 Å². The highest BCUT2D eigenvalue weighted by molar-refractivity contribution is 6.36. The number of hydrogen-bond acceptors (Lipinski definition) is 5. The summed E-state index contributed by atoms with van der Waals surface area (Å²) in [6, 6.07) is 10.8. The molecular formula is C20H18Cl2N4O2. The smallest absolute Gasteiger partial charge is 0.230 e. The van der Waals surface area contributed by atoms with Crippen molar-refractivity contribution in [1.29, 1.82) is 0 Å². The second-order valence-corrected chi connectivity index (χ2v) is 7.52. The topological polar surface area (TPSA) is 72.1 Å². The lowest BCUT2D eigenvalue weighted by molar-refractivity contribution is -0.131. The van der Waals surface area contributed by atoms with Crippen LogP contribution in [0.4, 0.5) is 0 Å². The molecule has 1 aliphatic rings. The molecule has 1 saturated heterocycles. The van der Waals surface area contributed by atoms with E-state index in [9.17, 15) is 4.79 Å². The number of benzene rings is 1. The van der Waals surface area contributed by atoms with Gasteiger partial charge in [0.2, 0.25) is 17.6 Å². The van der Waals surface area contributed by atoms with Gasteiger partial charge in [-0.3, -0.25) is 9.78 Å². The maximum atomic E-state index is 12.7. The molecule has 144 valence electrons. The number of pyridine rings is 1. The normalized spacial score (nSPS) is 15.0. The van der Waals surface area contributed by atoms with E-state index in [1.165, 1.54) is 0 Å². The van der Waals surface area contributed by atoms with Crippen molar-refractivity contribution in [2.24, 2.45) is 0 Å². The molecule has 8 heteroatoms. The van der Waals surface area contributed by atoms with Crippen molar-refractivity contribution in [2.45, 2.75) is 25.2 Å². The zero-order chi connectivity index (χ0) is 19.5. The van der Waals surface area contributed by atoms with E-state index >= 15 is 0 Å². The summed E-state index contributed by atoms with van der Waals surface area (Å²) in [6.45, 7) is 1.26. The van der Waals surface area contributed by atoms with Crippen molar-refractivity contribution in [3.8, 4) is 11.5 Å². The number of rotatable bonds is 4. The molecule has 0 N–H and O–H groups in total. The molecule has 0 saturated carbocycles. The third-order valence-corrected chi connectivity index (χ3v) is 5.63. The van der Waals surface area contributed by atoms with Gasteiger partial charge in [0, 0.05) is 35.2 Å². The molecule has 2 aromatic heterocycles. The van der Waals surface area contributed by atoms with E-state index in [-0.39, 0.29) is 18.2 Å². The SMILES string of the molecule is O=C(Cc1c(Cl)cccc1Cl)N1CCC(c2nc(-c3ccccn3)no2)CC1. The van der Waals surface area contributed by atoms with E-state index in [1.54, 1.807) is 24.4 Å². The number of hydrogen-bond donors (Lipinski definition) is 0. The number of carbonyl (C=O) groups is 1. The van der Waals surface area contributed by atoms with Crippen LogP contribution in [0.2, 0.25) is 10.0 Å². The monoisotopic (exact) mass is 416 g/mol. The maximum absolute atomic E-state index is 12.7. The number of nitrogens with zero attached hydrogens (tertiary/aromatic N) is 4. The summed E-state index contributed by atoms with van der Waals surface area (Å²) in [4.78, 5) is 23.2. The lowest BCUT2D eigenvalue weighted by atomic mass is 9.96. The van der Waals surface area contributed by atoms with Gasteiger partial charge >= 0.3 is 0 Å². The lowest BCUT2D eigenvalue weighted by Gasteiger charge is -2.30. The van der Waals surface area contributed by atoms with Gasteiger partial charge in [0.1, 0.15) is 5.69 Å². The van der Waals surface area contributed by atoms with Gasteiger partial charge in [-0.05, 0) is 42.7 Å². The molecule has 3 heterocycles. The summed E-state index contributed by atoms with van der Waals surface area (Å²) in [5.41, 5.74) is 1.36. The van der Waals surface area contributed by atoms with E-state index in [2.05, 4.69) is 15.1 Å². The van der Waals surface area contributed by atoms with Gasteiger partial charge in [-0.2, -0.15) is 4.98 Å². The molecule has 0 atom stereocenters. The van der Waals surface area contributed by atoms with E-state index in [1.807, 2.05) is 23.1 Å². The fraction of sp³-hybridized carbons (Fsp3) is 0.300. The minimum absolute atomic E-state index is 0.0214. The van der Waals surface area contributed by atoms with Gasteiger partial charge in [-0.25, -0.2) is 0 Å². The molecule has 1 fully saturated rings. The van der Waals surface area contributed by atoms with Crippen LogP contribution in [-0.4, -0.2) is 39.0 Å². The average molecular weight is 417 g/mol. The summed E-state index contributed by atoms with van der Waals surface area (Å²) in [7, 11) is 0. The molecule has 0 radical (unpaired) electrons. The molecule has 0 aliphatic carbocycles. The first-order chi connectivity index (χ1) is 13.6. The van der Waals surface area contributed by atoms with Crippen LogP contribution >= 0.6 is 23.2 Å². The van der Waals surface area contributed by atoms with Crippen LogP contribution in [0.5, 0.6) is 0 Å². The molecule has 1 aliphatic heterocycles. The Kier molecular flexibility index (Phi) is 5.59. The Morgan fingerprint density at radius 2 is 1.86 bits per heavy atom. The third kappa shape index (κ3) is 4.03. The number of piperidine rings is 1. The van der Waals surface area contributed by atoms with Gasteiger partial charge in [0.15, 0.2) is 0 Å². The average Bonchev–Trinajstić information content (AvgIpc) is 3.22. The number of halogens is 2. The molecule has 4 rings (SSSR count). The van der Waals surface area contributed by atoms with Gasteiger partial charge in [-0.15, -0.1) is 0 Å². The molecule has 6 nitrogen and oxygen atoms in total. The number of aromatic nitrogens is 3. The van der Waals surface area contributed by atoms with Crippen LogP contribution in [0.15, 0.2) is 47.1 Å². The fourth-order valence-corrected chi connectivity index (χ4v) is 3.87. The van der Waals surface area contributed by atoms with Crippen LogP contribution in [0.1, 0.15) is 30.2 Å². The molecule has 28 heavy (non-hydrogen) atoms. The van der Waals surface area contributed by atoms with Crippen molar-refractivity contribution in [3.05, 3.63) is 64.1 Å². The maximum Gasteiger partial charge on any atom is 0.230 e. The van der Waals surface area contributed by atoms with Crippen LogP contribution in [-0.2, 0) is 11.2 Å². The first kappa shape index (κ1) is 18.9. The van der Waals surface area contributed by atoms with Crippen molar-refractivity contribution in [1.82, 2.24) is 20.0 Å². The lowest BCUT2D eigenvalue weighted by Crippen LogP contribution is -2.38. The second kappa shape index (κ2) is 8.29. The Bertz CT molecular complexity index is 949. The molecule has 0 bridgehead atoms. The molecular weight excluding hydrogens is 399 g/mol. The van der Waals surface area contributed by atoms with Crippen LogP contribution in [0, 0.1) is 0 Å². The molecule has 0 spiro atoms. The Morgan fingerprint density at radius 3 is 2.54 bits per heavy atom. The quantitative estimate of drug-likeness (QED) is 0.630. The van der Waals surface area contributed by atoms with Gasteiger partial charge in [0.25, 0.3) is 0 Å². The van der Waals surface area contributed by atoms with E-state index in [0.29, 0.717) is 46.1 Å². The van der Waals surface area contributed by atoms with Gasteiger partial charge < -0.3 is 9.42 Å². The molecule has 1 amide bonds. The minimum atomic E-state index is 0.0214. The molecule has 3 aromatic rings. The Labute approximate surface area is 172 Å². The van der Waals surface area contributed by atoms with E-state index < -0.39 is 0 Å². The van der Waals surface area contributed by atoms with Crippen molar-refractivity contribution in [2.75, 3.05) is 13.1 Å². The third-order valence-electron chi connectivity index (χ3n) is 4.92. The van der Waals surface area contributed by atoms with Crippen molar-refractivity contribution in [3.63, 3.8) is 0 Å². The van der Waals surface area contributed by atoms with Gasteiger partial charge in [0.05, 0.1) is 6.42 Å². The minimum Gasteiger partial charge on any atom is -0.342 e. The zero-order valence-electron chi connectivity index (χ0n) is 15.0. The summed E-state index contributed by atoms with van der Waals surface area (Å²) >= 11 is 12.4. The predicted molar refractivity (Wildman–Crippen MR) is 106 cm³/mol. The number of amides is 1. The fourth-order valence-electron chi connectivity index (χ4n) is 3.34. The Balaban J connectivity index is 1.37. The number of likely N-dealkylation sites (tertiary alicyclic amines) is 1. The molecule has 1 aromatic carbocycles. The first-order valence-corrected chi connectivity index (χ1v) is 9.83. The zero-order valence-corrected chi connectivity index (χ0v) is 16.5. The summed E-state index contributed by atoms with van der Waals surface area (Å²) < 4.78 is 5.44. The molecule has 0 unspecified atom stereocenters. The van der Waals surface area contributed by atoms with Crippen LogP contribution in [0.3, 0.4) is 0 Å². The highest BCUT2D eigenvalue weighted by Gasteiger charge is 2.28. The van der Waals surface area contributed by atoms with Crippen LogP contribution < -0.4 is 0 Å².